The molecule has 0 radical (unpaired) electrons. The number of rotatable bonds is 9. The minimum Gasteiger partial charge on any atom is -0.355 e. The molecule has 1 aromatic rings. The van der Waals surface area contributed by atoms with E-state index in [2.05, 4.69) is 34.4 Å². The second-order valence-corrected chi connectivity index (χ2v) is 8.14. The molecular weight excluding hydrogens is 336 g/mol. The molecule has 0 aromatic heterocycles. The number of benzene rings is 1. The fourth-order valence-electron chi connectivity index (χ4n) is 2.72. The van der Waals surface area contributed by atoms with E-state index in [9.17, 15) is 8.42 Å². The molecule has 0 amide bonds. The monoisotopic (exact) mass is 368 g/mol. The highest BCUT2D eigenvalue weighted by atomic mass is 32.2. The summed E-state index contributed by atoms with van der Waals surface area (Å²) in [7, 11) is -1.43. The molecule has 0 saturated carbocycles. The topological polar surface area (TPSA) is 73.8 Å². The standard InChI is InChI=1S/C18H32N4O2S/c1-6-11-22(7-2)12-10-20-18(19-4)21-14-16-8-9-17(15(3)13-16)25(5,23)24/h8-9,13H,6-7,10-12,14H2,1-5H3,(H2,19,20,21). The van der Waals surface area contributed by atoms with Crippen molar-refractivity contribution in [3.63, 3.8) is 0 Å². The molecule has 0 aliphatic rings. The molecule has 0 fully saturated rings. The quantitative estimate of drug-likeness (QED) is 0.514. The Bertz CT molecular complexity index is 672. The van der Waals surface area contributed by atoms with E-state index in [1.807, 2.05) is 19.1 Å². The number of guanidine groups is 1. The molecule has 0 atom stereocenters. The van der Waals surface area contributed by atoms with Crippen LogP contribution in [0.15, 0.2) is 28.1 Å². The van der Waals surface area contributed by atoms with Gasteiger partial charge >= 0.3 is 0 Å². The Morgan fingerprint density at radius 2 is 1.92 bits per heavy atom. The number of aryl methyl sites for hydroxylation is 1. The Labute approximate surface area is 152 Å². The van der Waals surface area contributed by atoms with Crippen molar-refractivity contribution in [1.82, 2.24) is 15.5 Å². The van der Waals surface area contributed by atoms with Crippen LogP contribution in [0, 0.1) is 6.92 Å². The molecule has 142 valence electrons. The van der Waals surface area contributed by atoms with E-state index in [-0.39, 0.29) is 0 Å². The minimum atomic E-state index is -3.17. The second kappa shape index (κ2) is 10.4. The van der Waals surface area contributed by atoms with Crippen molar-refractivity contribution in [3.8, 4) is 0 Å². The third-order valence-corrected chi connectivity index (χ3v) is 5.29. The van der Waals surface area contributed by atoms with Gasteiger partial charge in [-0.05, 0) is 43.6 Å². The second-order valence-electron chi connectivity index (χ2n) is 6.16. The summed E-state index contributed by atoms with van der Waals surface area (Å²) in [5, 5.41) is 6.58. The Balaban J connectivity index is 2.54. The lowest BCUT2D eigenvalue weighted by Crippen LogP contribution is -2.41. The van der Waals surface area contributed by atoms with Crippen molar-refractivity contribution in [2.45, 2.75) is 38.6 Å². The van der Waals surface area contributed by atoms with E-state index in [1.54, 1.807) is 13.1 Å². The average molecular weight is 369 g/mol. The molecule has 1 rings (SSSR count). The van der Waals surface area contributed by atoms with Gasteiger partial charge in [0.2, 0.25) is 0 Å². The summed E-state index contributed by atoms with van der Waals surface area (Å²) in [6.45, 7) is 10.7. The molecule has 2 N–H and O–H groups in total. The largest absolute Gasteiger partial charge is 0.355 e. The van der Waals surface area contributed by atoms with E-state index in [0.717, 1.165) is 49.7 Å². The highest BCUT2D eigenvalue weighted by Crippen LogP contribution is 2.16. The van der Waals surface area contributed by atoms with Gasteiger partial charge in [0.25, 0.3) is 0 Å². The number of hydrogen-bond acceptors (Lipinski definition) is 4. The van der Waals surface area contributed by atoms with Gasteiger partial charge in [0.15, 0.2) is 15.8 Å². The Kier molecular flexibility index (Phi) is 8.92. The van der Waals surface area contributed by atoms with Crippen LogP contribution in [0.25, 0.3) is 0 Å². The third kappa shape index (κ3) is 7.44. The minimum absolute atomic E-state index is 0.384. The predicted molar refractivity (Wildman–Crippen MR) is 105 cm³/mol. The fraction of sp³-hybridized carbons (Fsp3) is 0.611. The van der Waals surface area contributed by atoms with Gasteiger partial charge in [0, 0.05) is 32.9 Å². The van der Waals surface area contributed by atoms with Gasteiger partial charge < -0.3 is 15.5 Å². The Morgan fingerprint density at radius 1 is 1.20 bits per heavy atom. The predicted octanol–water partition coefficient (Wildman–Crippen LogP) is 1.80. The normalized spacial score (nSPS) is 12.5. The molecule has 0 heterocycles. The van der Waals surface area contributed by atoms with Crippen LogP contribution in [0.5, 0.6) is 0 Å². The summed E-state index contributed by atoms with van der Waals surface area (Å²) in [6, 6.07) is 5.40. The maximum Gasteiger partial charge on any atom is 0.191 e. The lowest BCUT2D eigenvalue weighted by atomic mass is 10.1. The first-order valence-corrected chi connectivity index (χ1v) is 10.7. The van der Waals surface area contributed by atoms with E-state index in [0.29, 0.717) is 11.4 Å². The van der Waals surface area contributed by atoms with Gasteiger partial charge in [0.1, 0.15) is 0 Å². The van der Waals surface area contributed by atoms with E-state index < -0.39 is 9.84 Å². The molecule has 0 bridgehead atoms. The van der Waals surface area contributed by atoms with Gasteiger partial charge in [-0.3, -0.25) is 4.99 Å². The van der Waals surface area contributed by atoms with Gasteiger partial charge in [-0.15, -0.1) is 0 Å². The molecule has 25 heavy (non-hydrogen) atoms. The van der Waals surface area contributed by atoms with Crippen LogP contribution in [-0.2, 0) is 16.4 Å². The number of nitrogens with zero attached hydrogens (tertiary/aromatic N) is 2. The summed E-state index contributed by atoms with van der Waals surface area (Å²) >= 11 is 0. The molecule has 0 aliphatic carbocycles. The highest BCUT2D eigenvalue weighted by molar-refractivity contribution is 7.90. The van der Waals surface area contributed by atoms with Crippen LogP contribution >= 0.6 is 0 Å². The first kappa shape index (κ1) is 21.4. The molecular formula is C18H32N4O2S. The smallest absolute Gasteiger partial charge is 0.191 e. The van der Waals surface area contributed by atoms with Crippen molar-refractivity contribution in [1.29, 1.82) is 0 Å². The van der Waals surface area contributed by atoms with Crippen molar-refractivity contribution in [3.05, 3.63) is 29.3 Å². The molecule has 0 unspecified atom stereocenters. The van der Waals surface area contributed by atoms with E-state index >= 15 is 0 Å². The van der Waals surface area contributed by atoms with Crippen LogP contribution in [0.3, 0.4) is 0 Å². The zero-order valence-corrected chi connectivity index (χ0v) is 16.9. The number of hydrogen-bond donors (Lipinski definition) is 2. The molecule has 0 saturated heterocycles. The molecule has 6 nitrogen and oxygen atoms in total. The molecule has 7 heteroatoms. The summed E-state index contributed by atoms with van der Waals surface area (Å²) in [5.41, 5.74) is 1.79. The van der Waals surface area contributed by atoms with Crippen molar-refractivity contribution in [2.24, 2.45) is 4.99 Å². The number of nitrogens with one attached hydrogen (secondary N) is 2. The van der Waals surface area contributed by atoms with Crippen molar-refractivity contribution in [2.75, 3.05) is 39.5 Å². The number of aliphatic imine (C=N–C) groups is 1. The lowest BCUT2D eigenvalue weighted by molar-refractivity contribution is 0.293. The summed E-state index contributed by atoms with van der Waals surface area (Å²) < 4.78 is 23.3. The Morgan fingerprint density at radius 3 is 2.44 bits per heavy atom. The van der Waals surface area contributed by atoms with Crippen LogP contribution in [0.1, 0.15) is 31.4 Å². The van der Waals surface area contributed by atoms with Gasteiger partial charge in [-0.25, -0.2) is 8.42 Å². The van der Waals surface area contributed by atoms with Crippen LogP contribution in [-0.4, -0.2) is 58.8 Å². The summed E-state index contributed by atoms with van der Waals surface area (Å²) in [5.74, 6) is 0.748. The zero-order chi connectivity index (χ0) is 18.9. The van der Waals surface area contributed by atoms with Gasteiger partial charge in [-0.1, -0.05) is 26.0 Å². The van der Waals surface area contributed by atoms with Gasteiger partial charge in [-0.2, -0.15) is 0 Å². The summed E-state index contributed by atoms with van der Waals surface area (Å²) in [4.78, 5) is 7.01. The van der Waals surface area contributed by atoms with E-state index in [1.165, 1.54) is 6.26 Å². The fourth-order valence-corrected chi connectivity index (χ4v) is 3.68. The molecule has 0 spiro atoms. The highest BCUT2D eigenvalue weighted by Gasteiger charge is 2.11. The number of likely N-dealkylation sites (N-methyl/N-ethyl adjacent to an activating group) is 1. The van der Waals surface area contributed by atoms with Crippen molar-refractivity contribution < 1.29 is 8.42 Å². The lowest BCUT2D eigenvalue weighted by Gasteiger charge is -2.20. The van der Waals surface area contributed by atoms with Crippen LogP contribution < -0.4 is 10.6 Å². The van der Waals surface area contributed by atoms with Crippen LogP contribution in [0.2, 0.25) is 0 Å². The molecule has 1 aromatic carbocycles. The SMILES string of the molecule is CCCN(CC)CCNC(=NC)NCc1ccc(S(C)(=O)=O)c(C)c1. The number of sulfone groups is 1. The first-order valence-electron chi connectivity index (χ1n) is 8.78. The molecule has 0 aliphatic heterocycles. The van der Waals surface area contributed by atoms with E-state index in [4.69, 9.17) is 0 Å². The third-order valence-electron chi connectivity index (χ3n) is 4.03. The van der Waals surface area contributed by atoms with Crippen LogP contribution in [0.4, 0.5) is 0 Å². The maximum atomic E-state index is 11.7. The first-order chi connectivity index (χ1) is 11.8. The van der Waals surface area contributed by atoms with Gasteiger partial charge in [0.05, 0.1) is 4.90 Å². The average Bonchev–Trinajstić information content (AvgIpc) is 2.55. The van der Waals surface area contributed by atoms with Crippen molar-refractivity contribution >= 4 is 15.8 Å². The zero-order valence-electron chi connectivity index (χ0n) is 16.1. The maximum absolute atomic E-state index is 11.7. The Hall–Kier alpha value is -1.60. The summed E-state index contributed by atoms with van der Waals surface area (Å²) in [6.07, 6.45) is 2.39.